The normalized spacial score (nSPS) is 11.0. The van der Waals surface area contributed by atoms with Crippen LogP contribution in [-0.2, 0) is 9.59 Å². The van der Waals surface area contributed by atoms with Crippen LogP contribution in [0.3, 0.4) is 0 Å². The van der Waals surface area contributed by atoms with Crippen molar-refractivity contribution in [1.82, 2.24) is 0 Å². The molecule has 1 heterocycles. The zero-order valence-corrected chi connectivity index (χ0v) is 15.6. The first-order chi connectivity index (χ1) is 13.3. The Balaban J connectivity index is 2.02. The first kappa shape index (κ1) is 19.1. The number of carbonyl (C=O) groups is 2. The fourth-order valence-corrected chi connectivity index (χ4v) is 2.72. The predicted octanol–water partition coefficient (Wildman–Crippen LogP) is 4.12. The van der Waals surface area contributed by atoms with Gasteiger partial charge in [0.05, 0.1) is 5.39 Å². The lowest BCUT2D eigenvalue weighted by molar-refractivity contribution is -0.132. The first-order valence-electron chi connectivity index (χ1n) is 8.56. The second kappa shape index (κ2) is 7.92. The third kappa shape index (κ3) is 4.35. The summed E-state index contributed by atoms with van der Waals surface area (Å²) in [6.45, 7) is 4.25. The number of hydrogen-bond acceptors (Lipinski definition) is 6. The molecule has 0 aliphatic carbocycles. The average Bonchev–Trinajstić information content (AvgIpc) is 2.62. The lowest BCUT2D eigenvalue weighted by atomic mass is 10.1. The number of hydrogen-bond donors (Lipinski definition) is 0. The van der Waals surface area contributed by atoms with Gasteiger partial charge in [0.1, 0.15) is 22.8 Å². The van der Waals surface area contributed by atoms with E-state index in [-0.39, 0.29) is 16.9 Å². The summed E-state index contributed by atoms with van der Waals surface area (Å²) in [6.07, 6.45) is 3.33. The molecule has 6 heteroatoms. The third-order valence-electron chi connectivity index (χ3n) is 3.91. The molecule has 142 valence electrons. The molecule has 0 saturated heterocycles. The highest BCUT2D eigenvalue weighted by molar-refractivity contribution is 5.80. The smallest absolute Gasteiger partial charge is 0.308 e. The van der Waals surface area contributed by atoms with Gasteiger partial charge in [0.25, 0.3) is 0 Å². The summed E-state index contributed by atoms with van der Waals surface area (Å²) in [6, 6.07) is 11.7. The van der Waals surface area contributed by atoms with E-state index < -0.39 is 11.9 Å². The van der Waals surface area contributed by atoms with Crippen LogP contribution in [0.25, 0.3) is 23.1 Å². The minimum absolute atomic E-state index is 0.101. The van der Waals surface area contributed by atoms with Crippen LogP contribution in [0.15, 0.2) is 51.7 Å². The lowest BCUT2D eigenvalue weighted by Gasteiger charge is -2.07. The Kier molecular flexibility index (Phi) is 5.40. The summed E-state index contributed by atoms with van der Waals surface area (Å²) in [5.74, 6) is -0.0988. The van der Waals surface area contributed by atoms with E-state index in [1.165, 1.54) is 19.9 Å². The molecule has 0 aliphatic heterocycles. The van der Waals surface area contributed by atoms with Gasteiger partial charge in [-0.3, -0.25) is 14.4 Å². The van der Waals surface area contributed by atoms with E-state index in [1.807, 2.05) is 0 Å². The number of fused-ring (bicyclic) bond motifs is 1. The Morgan fingerprint density at radius 3 is 2.14 bits per heavy atom. The van der Waals surface area contributed by atoms with Crippen molar-refractivity contribution in [3.8, 4) is 11.5 Å². The number of ether oxygens (including phenoxy) is 2. The summed E-state index contributed by atoms with van der Waals surface area (Å²) in [5.41, 5.74) is 1.47. The van der Waals surface area contributed by atoms with Crippen molar-refractivity contribution in [3.05, 3.63) is 69.6 Å². The number of carbonyl (C=O) groups excluding carboxylic acids is 2. The van der Waals surface area contributed by atoms with Crippen LogP contribution in [0.4, 0.5) is 0 Å². The van der Waals surface area contributed by atoms with E-state index >= 15 is 0 Å². The average molecular weight is 378 g/mol. The highest BCUT2D eigenvalue weighted by Gasteiger charge is 2.09. The van der Waals surface area contributed by atoms with Gasteiger partial charge in [-0.1, -0.05) is 18.2 Å². The first-order valence-corrected chi connectivity index (χ1v) is 8.56. The second-order valence-corrected chi connectivity index (χ2v) is 6.17. The molecule has 0 bridgehead atoms. The Bertz CT molecular complexity index is 1120. The molecule has 3 aromatic rings. The van der Waals surface area contributed by atoms with Gasteiger partial charge in [0.15, 0.2) is 5.43 Å². The van der Waals surface area contributed by atoms with Gasteiger partial charge >= 0.3 is 11.9 Å². The van der Waals surface area contributed by atoms with Crippen LogP contribution in [-0.4, -0.2) is 11.9 Å². The largest absolute Gasteiger partial charge is 0.456 e. The topological polar surface area (TPSA) is 82.8 Å². The molecule has 28 heavy (non-hydrogen) atoms. The zero-order chi connectivity index (χ0) is 20.3. The van der Waals surface area contributed by atoms with Gasteiger partial charge < -0.3 is 13.9 Å². The van der Waals surface area contributed by atoms with Crippen LogP contribution < -0.4 is 14.9 Å². The van der Waals surface area contributed by atoms with Crippen LogP contribution in [0.2, 0.25) is 0 Å². The van der Waals surface area contributed by atoms with Gasteiger partial charge in [-0.15, -0.1) is 0 Å². The molecule has 0 unspecified atom stereocenters. The monoisotopic (exact) mass is 378 g/mol. The maximum absolute atomic E-state index is 12.5. The van der Waals surface area contributed by atoms with Crippen molar-refractivity contribution in [2.24, 2.45) is 0 Å². The van der Waals surface area contributed by atoms with Crippen LogP contribution >= 0.6 is 0 Å². The third-order valence-corrected chi connectivity index (χ3v) is 3.91. The van der Waals surface area contributed by atoms with Gasteiger partial charge in [-0.05, 0) is 42.8 Å². The molecule has 0 fully saturated rings. The fraction of sp³-hybridized carbons (Fsp3) is 0.136. The zero-order valence-electron chi connectivity index (χ0n) is 15.6. The number of rotatable bonds is 4. The van der Waals surface area contributed by atoms with Crippen molar-refractivity contribution < 1.29 is 23.5 Å². The van der Waals surface area contributed by atoms with Crippen LogP contribution in [0.5, 0.6) is 11.5 Å². The molecular formula is C22H18O6. The highest BCUT2D eigenvalue weighted by Crippen LogP contribution is 2.25. The van der Waals surface area contributed by atoms with Crippen molar-refractivity contribution in [1.29, 1.82) is 0 Å². The Morgan fingerprint density at radius 1 is 0.929 bits per heavy atom. The molecule has 0 saturated carbocycles. The van der Waals surface area contributed by atoms with Crippen molar-refractivity contribution in [2.45, 2.75) is 20.8 Å². The number of para-hydroxylation sites is 1. The number of benzene rings is 2. The summed E-state index contributed by atoms with van der Waals surface area (Å²) in [4.78, 5) is 35.0. The highest BCUT2D eigenvalue weighted by atomic mass is 16.5. The van der Waals surface area contributed by atoms with Crippen molar-refractivity contribution in [3.63, 3.8) is 0 Å². The quantitative estimate of drug-likeness (QED) is 0.502. The maximum Gasteiger partial charge on any atom is 0.308 e. The van der Waals surface area contributed by atoms with Crippen molar-refractivity contribution >= 4 is 35.1 Å². The van der Waals surface area contributed by atoms with Gasteiger partial charge in [0.2, 0.25) is 0 Å². The summed E-state index contributed by atoms with van der Waals surface area (Å²) in [7, 11) is 0. The fourth-order valence-electron chi connectivity index (χ4n) is 2.72. The van der Waals surface area contributed by atoms with Crippen LogP contribution in [0.1, 0.15) is 30.7 Å². The molecule has 0 atom stereocenters. The molecular weight excluding hydrogens is 360 g/mol. The van der Waals surface area contributed by atoms with Gasteiger partial charge in [-0.2, -0.15) is 0 Å². The SMILES string of the molecule is CC(=O)Oc1cc(/C=C/c2oc3ccccc3c(=O)c2C)cc(OC(C)=O)c1. The molecule has 2 aromatic carbocycles. The minimum atomic E-state index is -0.494. The van der Waals surface area contributed by atoms with Gasteiger partial charge in [-0.25, -0.2) is 0 Å². The molecule has 0 radical (unpaired) electrons. The maximum atomic E-state index is 12.5. The Labute approximate surface area is 161 Å². The van der Waals surface area contributed by atoms with E-state index in [1.54, 1.807) is 55.5 Å². The molecule has 6 nitrogen and oxygen atoms in total. The molecule has 0 spiro atoms. The predicted molar refractivity (Wildman–Crippen MR) is 105 cm³/mol. The number of esters is 2. The standard InChI is InChI=1S/C22H18O6/c1-13-20(28-21-7-5-4-6-19(21)22(13)25)9-8-16-10-17(26-14(2)23)12-18(11-16)27-15(3)24/h4-12H,1-3H3/b9-8+. The molecule has 0 amide bonds. The molecule has 0 N–H and O–H groups in total. The van der Waals surface area contributed by atoms with Gasteiger partial charge in [0, 0.05) is 25.5 Å². The lowest BCUT2D eigenvalue weighted by Crippen LogP contribution is -2.07. The summed E-state index contributed by atoms with van der Waals surface area (Å²) in [5, 5.41) is 0.520. The molecule has 1 aromatic heterocycles. The Hall–Kier alpha value is -3.67. The Morgan fingerprint density at radius 2 is 1.54 bits per heavy atom. The van der Waals surface area contributed by atoms with E-state index in [2.05, 4.69) is 0 Å². The van der Waals surface area contributed by atoms with E-state index in [9.17, 15) is 14.4 Å². The van der Waals surface area contributed by atoms with Crippen molar-refractivity contribution in [2.75, 3.05) is 0 Å². The molecule has 3 rings (SSSR count). The summed E-state index contributed by atoms with van der Waals surface area (Å²) < 4.78 is 16.0. The van der Waals surface area contributed by atoms with E-state index in [0.29, 0.717) is 27.9 Å². The minimum Gasteiger partial charge on any atom is -0.456 e. The van der Waals surface area contributed by atoms with E-state index in [4.69, 9.17) is 13.9 Å². The molecule has 0 aliphatic rings. The second-order valence-electron chi connectivity index (χ2n) is 6.17. The van der Waals surface area contributed by atoms with Crippen LogP contribution in [0, 0.1) is 6.92 Å². The van der Waals surface area contributed by atoms with E-state index in [0.717, 1.165) is 0 Å². The summed E-state index contributed by atoms with van der Waals surface area (Å²) >= 11 is 0.